The predicted octanol–water partition coefficient (Wildman–Crippen LogP) is 2.55. The Hall–Kier alpha value is -1.55. The zero-order valence-corrected chi connectivity index (χ0v) is 13.3. The van der Waals surface area contributed by atoms with E-state index in [2.05, 4.69) is 19.2 Å². The molecule has 1 aromatic carbocycles. The fourth-order valence-corrected chi connectivity index (χ4v) is 2.85. The molecule has 1 amide bonds. The van der Waals surface area contributed by atoms with Crippen LogP contribution in [0.15, 0.2) is 24.3 Å². The van der Waals surface area contributed by atoms with Crippen LogP contribution in [0.1, 0.15) is 37.0 Å². The van der Waals surface area contributed by atoms with Crippen molar-refractivity contribution in [3.05, 3.63) is 29.8 Å². The Kier molecular flexibility index (Phi) is 5.62. The van der Waals surface area contributed by atoms with Crippen LogP contribution in [-0.4, -0.2) is 43.6 Å². The highest BCUT2D eigenvalue weighted by Crippen LogP contribution is 2.20. The monoisotopic (exact) mass is 290 g/mol. The molecule has 1 atom stereocenters. The molecule has 1 heterocycles. The molecular weight excluding hydrogens is 264 g/mol. The molecular formula is C17H26N2O2. The number of para-hydroxylation sites is 1. The number of amides is 1. The van der Waals surface area contributed by atoms with E-state index in [1.54, 1.807) is 7.11 Å². The maximum atomic E-state index is 12.9. The quantitative estimate of drug-likeness (QED) is 0.875. The van der Waals surface area contributed by atoms with Crippen LogP contribution in [0.5, 0.6) is 5.75 Å². The van der Waals surface area contributed by atoms with E-state index in [1.807, 2.05) is 29.2 Å². The largest absolute Gasteiger partial charge is 0.496 e. The van der Waals surface area contributed by atoms with Crippen molar-refractivity contribution in [2.75, 3.05) is 26.7 Å². The number of hydrogen-bond acceptors (Lipinski definition) is 3. The second kappa shape index (κ2) is 7.46. The second-order valence-corrected chi connectivity index (χ2v) is 6.10. The first-order valence-electron chi connectivity index (χ1n) is 7.77. The molecule has 4 nitrogen and oxygen atoms in total. The highest BCUT2D eigenvalue weighted by Gasteiger charge is 2.24. The minimum atomic E-state index is 0.0647. The van der Waals surface area contributed by atoms with Crippen molar-refractivity contribution in [1.29, 1.82) is 0 Å². The first-order valence-corrected chi connectivity index (χ1v) is 7.77. The van der Waals surface area contributed by atoms with Crippen molar-refractivity contribution in [3.8, 4) is 5.75 Å². The van der Waals surface area contributed by atoms with Crippen LogP contribution in [0.4, 0.5) is 0 Å². The molecule has 1 N–H and O–H groups in total. The van der Waals surface area contributed by atoms with Crippen molar-refractivity contribution in [2.45, 2.75) is 32.7 Å². The summed E-state index contributed by atoms with van der Waals surface area (Å²) in [5.74, 6) is 1.16. The summed E-state index contributed by atoms with van der Waals surface area (Å²) in [6, 6.07) is 7.88. The van der Waals surface area contributed by atoms with Gasteiger partial charge < -0.3 is 15.0 Å². The molecule has 116 valence electrons. The third-order valence-electron chi connectivity index (χ3n) is 3.81. The first kappa shape index (κ1) is 15.8. The predicted molar refractivity (Wildman–Crippen MR) is 84.8 cm³/mol. The Morgan fingerprint density at radius 3 is 2.81 bits per heavy atom. The summed E-state index contributed by atoms with van der Waals surface area (Å²) in [6.45, 7) is 6.89. The molecule has 0 bridgehead atoms. The highest BCUT2D eigenvalue weighted by atomic mass is 16.5. The van der Waals surface area contributed by atoms with Crippen molar-refractivity contribution in [3.63, 3.8) is 0 Å². The zero-order valence-electron chi connectivity index (χ0n) is 13.3. The van der Waals surface area contributed by atoms with E-state index in [0.29, 0.717) is 23.3 Å². The van der Waals surface area contributed by atoms with Crippen molar-refractivity contribution >= 4 is 5.91 Å². The zero-order chi connectivity index (χ0) is 15.2. The van der Waals surface area contributed by atoms with Gasteiger partial charge in [0.2, 0.25) is 0 Å². The number of carbonyl (C=O) groups is 1. The minimum absolute atomic E-state index is 0.0647. The Bertz CT molecular complexity index is 468. The third kappa shape index (κ3) is 4.21. The normalized spacial score (nSPS) is 18.0. The summed E-state index contributed by atoms with van der Waals surface area (Å²) in [6.07, 6.45) is 2.34. The van der Waals surface area contributed by atoms with E-state index in [-0.39, 0.29) is 5.91 Å². The lowest BCUT2D eigenvalue weighted by atomic mass is 10.1. The van der Waals surface area contributed by atoms with E-state index >= 15 is 0 Å². The molecule has 0 aliphatic carbocycles. The van der Waals surface area contributed by atoms with Crippen LogP contribution in [0.2, 0.25) is 0 Å². The Balaban J connectivity index is 2.16. The van der Waals surface area contributed by atoms with Gasteiger partial charge >= 0.3 is 0 Å². The van der Waals surface area contributed by atoms with Gasteiger partial charge in [-0.1, -0.05) is 26.0 Å². The second-order valence-electron chi connectivity index (χ2n) is 6.10. The number of nitrogens with one attached hydrogen (secondary N) is 1. The van der Waals surface area contributed by atoms with Crippen LogP contribution >= 0.6 is 0 Å². The van der Waals surface area contributed by atoms with Gasteiger partial charge in [-0.15, -0.1) is 0 Å². The topological polar surface area (TPSA) is 41.6 Å². The average molecular weight is 290 g/mol. The Labute approximate surface area is 127 Å². The lowest BCUT2D eigenvalue weighted by Gasteiger charge is -2.28. The van der Waals surface area contributed by atoms with E-state index in [9.17, 15) is 4.79 Å². The number of nitrogens with zero attached hydrogens (tertiary/aromatic N) is 1. The van der Waals surface area contributed by atoms with Crippen LogP contribution in [0.3, 0.4) is 0 Å². The summed E-state index contributed by atoms with van der Waals surface area (Å²) in [4.78, 5) is 14.8. The SMILES string of the molecule is COc1ccccc1C(=O)N(CC(C)C)CC1CCCN1. The molecule has 1 aliphatic heterocycles. The standard InChI is InChI=1S/C17H26N2O2/c1-13(2)11-19(12-14-7-6-10-18-14)17(20)15-8-4-5-9-16(15)21-3/h4-5,8-9,13-14,18H,6-7,10-12H2,1-3H3. The lowest BCUT2D eigenvalue weighted by Crippen LogP contribution is -2.43. The summed E-state index contributed by atoms with van der Waals surface area (Å²) in [7, 11) is 1.61. The van der Waals surface area contributed by atoms with Crippen LogP contribution in [0.25, 0.3) is 0 Å². The van der Waals surface area contributed by atoms with Crippen molar-refractivity contribution in [1.82, 2.24) is 10.2 Å². The van der Waals surface area contributed by atoms with E-state index in [0.717, 1.165) is 26.1 Å². The molecule has 0 spiro atoms. The van der Waals surface area contributed by atoms with Gasteiger partial charge in [0.05, 0.1) is 12.7 Å². The van der Waals surface area contributed by atoms with Gasteiger partial charge in [0.15, 0.2) is 0 Å². The van der Waals surface area contributed by atoms with E-state index in [1.165, 1.54) is 6.42 Å². The van der Waals surface area contributed by atoms with Gasteiger partial charge in [-0.2, -0.15) is 0 Å². The van der Waals surface area contributed by atoms with Crippen LogP contribution in [0, 0.1) is 5.92 Å². The molecule has 21 heavy (non-hydrogen) atoms. The molecule has 1 unspecified atom stereocenters. The molecule has 1 fully saturated rings. The maximum Gasteiger partial charge on any atom is 0.257 e. The number of rotatable bonds is 6. The van der Waals surface area contributed by atoms with Crippen LogP contribution < -0.4 is 10.1 Å². The summed E-state index contributed by atoms with van der Waals surface area (Å²) < 4.78 is 5.33. The number of ether oxygens (including phenoxy) is 1. The van der Waals surface area contributed by atoms with Gasteiger partial charge in [-0.05, 0) is 37.4 Å². The molecule has 0 radical (unpaired) electrons. The lowest BCUT2D eigenvalue weighted by molar-refractivity contribution is 0.0718. The number of hydrogen-bond donors (Lipinski definition) is 1. The smallest absolute Gasteiger partial charge is 0.257 e. The minimum Gasteiger partial charge on any atom is -0.496 e. The van der Waals surface area contributed by atoms with Crippen molar-refractivity contribution in [2.24, 2.45) is 5.92 Å². The number of carbonyl (C=O) groups excluding carboxylic acids is 1. The molecule has 1 aliphatic rings. The van der Waals surface area contributed by atoms with Gasteiger partial charge in [-0.25, -0.2) is 0 Å². The summed E-state index contributed by atoms with van der Waals surface area (Å²) in [5.41, 5.74) is 0.652. The van der Waals surface area contributed by atoms with Gasteiger partial charge in [0, 0.05) is 19.1 Å². The molecule has 1 saturated heterocycles. The maximum absolute atomic E-state index is 12.9. The van der Waals surface area contributed by atoms with E-state index in [4.69, 9.17) is 4.74 Å². The Morgan fingerprint density at radius 1 is 1.43 bits per heavy atom. The number of benzene rings is 1. The molecule has 0 aromatic heterocycles. The first-order chi connectivity index (χ1) is 10.1. The third-order valence-corrected chi connectivity index (χ3v) is 3.81. The summed E-state index contributed by atoms with van der Waals surface area (Å²) >= 11 is 0. The highest BCUT2D eigenvalue weighted by molar-refractivity contribution is 5.97. The average Bonchev–Trinajstić information content (AvgIpc) is 2.98. The van der Waals surface area contributed by atoms with E-state index < -0.39 is 0 Å². The Morgan fingerprint density at radius 2 is 2.19 bits per heavy atom. The van der Waals surface area contributed by atoms with Crippen LogP contribution in [-0.2, 0) is 0 Å². The number of methoxy groups -OCH3 is 1. The van der Waals surface area contributed by atoms with Crippen molar-refractivity contribution < 1.29 is 9.53 Å². The van der Waals surface area contributed by atoms with Gasteiger partial charge in [0.1, 0.15) is 5.75 Å². The fourth-order valence-electron chi connectivity index (χ4n) is 2.85. The molecule has 1 aromatic rings. The fraction of sp³-hybridized carbons (Fsp3) is 0.588. The molecule has 2 rings (SSSR count). The van der Waals surface area contributed by atoms with Gasteiger partial charge in [-0.3, -0.25) is 4.79 Å². The van der Waals surface area contributed by atoms with Gasteiger partial charge in [0.25, 0.3) is 5.91 Å². The molecule has 4 heteroatoms. The molecule has 0 saturated carbocycles. The summed E-state index contributed by atoms with van der Waals surface area (Å²) in [5, 5.41) is 3.47.